The molecular formula is C12H15FN2O3. The number of carboxylic acids is 1. The van der Waals surface area contributed by atoms with Gasteiger partial charge in [-0.25, -0.2) is 9.37 Å². The Labute approximate surface area is 104 Å². The molecule has 0 aliphatic heterocycles. The first-order chi connectivity index (χ1) is 8.39. The summed E-state index contributed by atoms with van der Waals surface area (Å²) in [6.45, 7) is 3.28. The van der Waals surface area contributed by atoms with Crippen LogP contribution in [-0.4, -0.2) is 28.5 Å². The number of aromatic nitrogens is 1. The summed E-state index contributed by atoms with van der Waals surface area (Å²) in [7, 11) is 0. The quantitative estimate of drug-likeness (QED) is 0.833. The summed E-state index contributed by atoms with van der Waals surface area (Å²) in [5.74, 6) is -2.02. The van der Waals surface area contributed by atoms with Gasteiger partial charge in [0, 0.05) is 6.54 Å². The second-order valence-electron chi connectivity index (χ2n) is 4.26. The van der Waals surface area contributed by atoms with Crippen LogP contribution in [0.2, 0.25) is 0 Å². The molecule has 5 nitrogen and oxygen atoms in total. The molecule has 0 radical (unpaired) electrons. The minimum atomic E-state index is -1.02. The molecule has 1 rings (SSSR count). The zero-order valence-electron chi connectivity index (χ0n) is 10.2. The number of carbonyl (C=O) groups is 2. The number of carboxylic acid groups (broad SMARTS) is 1. The standard InChI is InChI=1S/C12H15FN2O3/c1-3-12(2,11(17)18)7-15-10(16)9-5-4-8(13)6-14-9/h4-6H,3,7H2,1-2H3,(H,15,16)(H,17,18). The second kappa shape index (κ2) is 5.57. The van der Waals surface area contributed by atoms with Crippen molar-refractivity contribution in [3.8, 4) is 0 Å². The Morgan fingerprint density at radius 3 is 2.61 bits per heavy atom. The fourth-order valence-electron chi connectivity index (χ4n) is 1.23. The summed E-state index contributed by atoms with van der Waals surface area (Å²) in [5, 5.41) is 11.5. The monoisotopic (exact) mass is 254 g/mol. The summed E-state index contributed by atoms with van der Waals surface area (Å²) in [6.07, 6.45) is 1.32. The average Bonchev–Trinajstić information content (AvgIpc) is 2.36. The number of hydrogen-bond acceptors (Lipinski definition) is 3. The Bertz CT molecular complexity index is 447. The minimum absolute atomic E-state index is 0.00325. The third-order valence-electron chi connectivity index (χ3n) is 2.90. The number of nitrogens with one attached hydrogen (secondary N) is 1. The molecule has 6 heteroatoms. The Hall–Kier alpha value is -1.98. The molecule has 0 bridgehead atoms. The van der Waals surface area contributed by atoms with Crippen LogP contribution >= 0.6 is 0 Å². The maximum atomic E-state index is 12.6. The Balaban J connectivity index is 2.66. The van der Waals surface area contributed by atoms with Gasteiger partial charge in [-0.3, -0.25) is 9.59 Å². The van der Waals surface area contributed by atoms with Crippen LogP contribution in [0.15, 0.2) is 18.3 Å². The third kappa shape index (κ3) is 3.26. The number of aliphatic carboxylic acids is 1. The molecule has 0 aliphatic rings. The first-order valence-electron chi connectivity index (χ1n) is 5.52. The van der Waals surface area contributed by atoms with E-state index in [1.54, 1.807) is 13.8 Å². The van der Waals surface area contributed by atoms with Gasteiger partial charge in [-0.05, 0) is 25.5 Å². The van der Waals surface area contributed by atoms with Crippen molar-refractivity contribution in [3.63, 3.8) is 0 Å². The summed E-state index contributed by atoms with van der Waals surface area (Å²) in [6, 6.07) is 2.37. The van der Waals surface area contributed by atoms with Crippen LogP contribution in [0.3, 0.4) is 0 Å². The van der Waals surface area contributed by atoms with Crippen LogP contribution in [0.4, 0.5) is 4.39 Å². The molecule has 98 valence electrons. The molecule has 1 heterocycles. The van der Waals surface area contributed by atoms with Crippen LogP contribution in [0.1, 0.15) is 30.8 Å². The van der Waals surface area contributed by atoms with Crippen LogP contribution < -0.4 is 5.32 Å². The summed E-state index contributed by atoms with van der Waals surface area (Å²) in [4.78, 5) is 26.3. The molecule has 0 aromatic carbocycles. The lowest BCUT2D eigenvalue weighted by Crippen LogP contribution is -2.40. The molecule has 1 aromatic rings. The molecule has 0 fully saturated rings. The van der Waals surface area contributed by atoms with E-state index in [1.807, 2.05) is 0 Å². The molecule has 2 N–H and O–H groups in total. The van der Waals surface area contributed by atoms with Crippen molar-refractivity contribution in [1.82, 2.24) is 10.3 Å². The van der Waals surface area contributed by atoms with Crippen LogP contribution in [0.5, 0.6) is 0 Å². The maximum absolute atomic E-state index is 12.6. The van der Waals surface area contributed by atoms with Crippen LogP contribution in [0, 0.1) is 11.2 Å². The van der Waals surface area contributed by atoms with Crippen molar-refractivity contribution >= 4 is 11.9 Å². The molecule has 1 amide bonds. The SMILES string of the molecule is CCC(C)(CNC(=O)c1ccc(F)cn1)C(=O)O. The largest absolute Gasteiger partial charge is 0.481 e. The van der Waals surface area contributed by atoms with E-state index in [2.05, 4.69) is 10.3 Å². The first-order valence-corrected chi connectivity index (χ1v) is 5.52. The van der Waals surface area contributed by atoms with E-state index in [1.165, 1.54) is 6.07 Å². The molecule has 0 saturated carbocycles. The Morgan fingerprint density at radius 2 is 2.17 bits per heavy atom. The molecule has 1 unspecified atom stereocenters. The van der Waals surface area contributed by atoms with E-state index >= 15 is 0 Å². The smallest absolute Gasteiger partial charge is 0.311 e. The minimum Gasteiger partial charge on any atom is -0.481 e. The third-order valence-corrected chi connectivity index (χ3v) is 2.90. The van der Waals surface area contributed by atoms with Crippen LogP contribution in [0.25, 0.3) is 0 Å². The molecular weight excluding hydrogens is 239 g/mol. The number of hydrogen-bond donors (Lipinski definition) is 2. The fraction of sp³-hybridized carbons (Fsp3) is 0.417. The van der Waals surface area contributed by atoms with Gasteiger partial charge < -0.3 is 10.4 Å². The number of pyridine rings is 1. The van der Waals surface area contributed by atoms with E-state index in [0.29, 0.717) is 6.42 Å². The van der Waals surface area contributed by atoms with E-state index in [9.17, 15) is 14.0 Å². The highest BCUT2D eigenvalue weighted by Gasteiger charge is 2.31. The van der Waals surface area contributed by atoms with Gasteiger partial charge in [-0.15, -0.1) is 0 Å². The van der Waals surface area contributed by atoms with E-state index in [0.717, 1.165) is 12.3 Å². The number of nitrogens with zero attached hydrogens (tertiary/aromatic N) is 1. The molecule has 0 aliphatic carbocycles. The lowest BCUT2D eigenvalue weighted by atomic mass is 9.88. The van der Waals surface area contributed by atoms with Gasteiger partial charge in [0.15, 0.2) is 0 Å². The predicted octanol–water partition coefficient (Wildman–Crippen LogP) is 1.45. The first kappa shape index (κ1) is 14.1. The van der Waals surface area contributed by atoms with Crippen molar-refractivity contribution in [1.29, 1.82) is 0 Å². The highest BCUT2D eigenvalue weighted by molar-refractivity contribution is 5.92. The topological polar surface area (TPSA) is 79.3 Å². The van der Waals surface area contributed by atoms with Crippen LogP contribution in [-0.2, 0) is 4.79 Å². The molecule has 1 atom stereocenters. The van der Waals surface area contributed by atoms with Crippen molar-refractivity contribution in [3.05, 3.63) is 29.8 Å². The normalized spacial score (nSPS) is 13.7. The van der Waals surface area contributed by atoms with Gasteiger partial charge in [0.05, 0.1) is 11.6 Å². The Morgan fingerprint density at radius 1 is 1.50 bits per heavy atom. The van der Waals surface area contributed by atoms with Crippen molar-refractivity contribution in [2.24, 2.45) is 5.41 Å². The molecule has 18 heavy (non-hydrogen) atoms. The van der Waals surface area contributed by atoms with Gasteiger partial charge in [-0.2, -0.15) is 0 Å². The summed E-state index contributed by atoms with van der Waals surface area (Å²) in [5.41, 5.74) is -0.962. The Kier molecular flexibility index (Phi) is 4.36. The van der Waals surface area contributed by atoms with Crippen molar-refractivity contribution in [2.75, 3.05) is 6.54 Å². The molecule has 0 saturated heterocycles. The van der Waals surface area contributed by atoms with Gasteiger partial charge >= 0.3 is 5.97 Å². The lowest BCUT2D eigenvalue weighted by molar-refractivity contribution is -0.147. The second-order valence-corrected chi connectivity index (χ2v) is 4.26. The predicted molar refractivity (Wildman–Crippen MR) is 62.6 cm³/mol. The molecule has 1 aromatic heterocycles. The maximum Gasteiger partial charge on any atom is 0.311 e. The fourth-order valence-corrected chi connectivity index (χ4v) is 1.23. The number of amides is 1. The van der Waals surface area contributed by atoms with E-state index in [-0.39, 0.29) is 12.2 Å². The zero-order chi connectivity index (χ0) is 13.8. The zero-order valence-corrected chi connectivity index (χ0v) is 10.2. The summed E-state index contributed by atoms with van der Waals surface area (Å²) >= 11 is 0. The highest BCUT2D eigenvalue weighted by atomic mass is 19.1. The summed E-state index contributed by atoms with van der Waals surface area (Å²) < 4.78 is 12.6. The lowest BCUT2D eigenvalue weighted by Gasteiger charge is -2.22. The van der Waals surface area contributed by atoms with E-state index in [4.69, 9.17) is 5.11 Å². The van der Waals surface area contributed by atoms with Gasteiger partial charge in [-0.1, -0.05) is 6.92 Å². The van der Waals surface area contributed by atoms with Crippen molar-refractivity contribution in [2.45, 2.75) is 20.3 Å². The highest BCUT2D eigenvalue weighted by Crippen LogP contribution is 2.19. The van der Waals surface area contributed by atoms with E-state index < -0.39 is 23.1 Å². The van der Waals surface area contributed by atoms with Gasteiger partial charge in [0.25, 0.3) is 5.91 Å². The van der Waals surface area contributed by atoms with Crippen molar-refractivity contribution < 1.29 is 19.1 Å². The number of rotatable bonds is 5. The van der Waals surface area contributed by atoms with Gasteiger partial charge in [0.2, 0.25) is 0 Å². The average molecular weight is 254 g/mol. The number of carbonyl (C=O) groups excluding carboxylic acids is 1. The van der Waals surface area contributed by atoms with Gasteiger partial charge in [0.1, 0.15) is 11.5 Å². The number of halogens is 1. The molecule has 0 spiro atoms.